The zero-order chi connectivity index (χ0) is 22.2. The minimum atomic E-state index is -0.329. The molecule has 1 saturated heterocycles. The van der Waals surface area contributed by atoms with Crippen molar-refractivity contribution in [3.63, 3.8) is 0 Å². The lowest BCUT2D eigenvalue weighted by atomic mass is 10.2. The number of methoxy groups -OCH3 is 1. The monoisotopic (exact) mass is 440 g/mol. The number of halogens is 1. The molecule has 0 saturated carbocycles. The van der Waals surface area contributed by atoms with Crippen LogP contribution in [0.2, 0.25) is 5.02 Å². The smallest absolute Gasteiger partial charge is 0.248 e. The minimum absolute atomic E-state index is 0.0499. The van der Waals surface area contributed by atoms with Gasteiger partial charge < -0.3 is 25.0 Å². The van der Waals surface area contributed by atoms with Crippen LogP contribution in [-0.4, -0.2) is 45.2 Å². The summed E-state index contributed by atoms with van der Waals surface area (Å²) in [4.78, 5) is 25.8. The molecule has 1 fully saturated rings. The number of piperazine rings is 1. The molecule has 0 unspecified atom stereocenters. The van der Waals surface area contributed by atoms with E-state index in [1.165, 1.54) is 13.2 Å². The highest BCUT2D eigenvalue weighted by Crippen LogP contribution is 2.30. The van der Waals surface area contributed by atoms with Crippen LogP contribution in [0, 0.1) is 11.3 Å². The molecule has 2 N–H and O–H groups in total. The van der Waals surface area contributed by atoms with E-state index >= 15 is 0 Å². The zero-order valence-electron chi connectivity index (χ0n) is 16.9. The van der Waals surface area contributed by atoms with Crippen LogP contribution in [0.4, 0.5) is 11.4 Å². The first-order chi connectivity index (χ1) is 15.0. The van der Waals surface area contributed by atoms with Crippen LogP contribution in [-0.2, 0) is 9.59 Å². The summed E-state index contributed by atoms with van der Waals surface area (Å²) < 4.78 is 10.5. The highest BCUT2D eigenvalue weighted by molar-refractivity contribution is 6.33. The van der Waals surface area contributed by atoms with Gasteiger partial charge in [-0.1, -0.05) is 17.7 Å². The molecule has 3 rings (SSSR count). The summed E-state index contributed by atoms with van der Waals surface area (Å²) in [6, 6.07) is 12.2. The molecule has 160 valence electrons. The molecule has 2 aromatic rings. The molecule has 0 bridgehead atoms. The summed E-state index contributed by atoms with van der Waals surface area (Å²) in [5.41, 5.74) is 2.02. The number of benzene rings is 2. The Morgan fingerprint density at radius 2 is 2.16 bits per heavy atom. The predicted octanol–water partition coefficient (Wildman–Crippen LogP) is 2.84. The number of nitrogens with one attached hydrogen (secondary N) is 2. The number of nitriles is 1. The number of anilines is 2. The first-order valence-electron chi connectivity index (χ1n) is 9.48. The average molecular weight is 441 g/mol. The second-order valence-electron chi connectivity index (χ2n) is 6.62. The summed E-state index contributed by atoms with van der Waals surface area (Å²) in [7, 11) is 1.50. The summed E-state index contributed by atoms with van der Waals surface area (Å²) in [6.07, 6.45) is 3.02. The van der Waals surface area contributed by atoms with Crippen molar-refractivity contribution in [2.24, 2.45) is 0 Å². The number of hydrogen-bond acceptors (Lipinski definition) is 6. The third-order valence-electron chi connectivity index (χ3n) is 4.50. The molecule has 1 heterocycles. The summed E-state index contributed by atoms with van der Waals surface area (Å²) >= 11 is 6.36. The largest absolute Gasteiger partial charge is 0.493 e. The van der Waals surface area contributed by atoms with E-state index in [0.717, 1.165) is 11.3 Å². The van der Waals surface area contributed by atoms with Gasteiger partial charge in [0.05, 0.1) is 24.4 Å². The number of ether oxygens (including phenoxy) is 2. The molecule has 0 aromatic heterocycles. The van der Waals surface area contributed by atoms with Gasteiger partial charge in [0, 0.05) is 24.9 Å². The third kappa shape index (κ3) is 5.90. The van der Waals surface area contributed by atoms with E-state index in [0.29, 0.717) is 35.3 Å². The lowest BCUT2D eigenvalue weighted by Crippen LogP contribution is -2.47. The van der Waals surface area contributed by atoms with Gasteiger partial charge in [-0.15, -0.1) is 0 Å². The van der Waals surface area contributed by atoms with Gasteiger partial charge in [0.15, 0.2) is 18.1 Å². The van der Waals surface area contributed by atoms with Crippen LogP contribution < -0.4 is 25.0 Å². The fraction of sp³-hybridized carbons (Fsp3) is 0.227. The van der Waals surface area contributed by atoms with Crippen molar-refractivity contribution in [3.05, 3.63) is 53.1 Å². The minimum Gasteiger partial charge on any atom is -0.493 e. The van der Waals surface area contributed by atoms with Crippen molar-refractivity contribution >= 4 is 40.9 Å². The number of carbonyl (C=O) groups excluding carboxylic acids is 2. The third-order valence-corrected chi connectivity index (χ3v) is 4.80. The molecule has 0 radical (unpaired) electrons. The van der Waals surface area contributed by atoms with E-state index < -0.39 is 0 Å². The Balaban J connectivity index is 1.64. The summed E-state index contributed by atoms with van der Waals surface area (Å²) in [5.74, 6) is 0.536. The normalized spacial score (nSPS) is 13.5. The maximum absolute atomic E-state index is 12.3. The van der Waals surface area contributed by atoms with Crippen molar-refractivity contribution in [1.82, 2.24) is 5.32 Å². The van der Waals surface area contributed by atoms with Crippen molar-refractivity contribution in [1.29, 1.82) is 5.26 Å². The molecule has 2 aromatic carbocycles. The molecule has 31 heavy (non-hydrogen) atoms. The fourth-order valence-corrected chi connectivity index (χ4v) is 3.36. The van der Waals surface area contributed by atoms with Crippen LogP contribution in [0.25, 0.3) is 6.08 Å². The van der Waals surface area contributed by atoms with E-state index in [4.69, 9.17) is 26.3 Å². The van der Waals surface area contributed by atoms with Gasteiger partial charge in [0.2, 0.25) is 11.8 Å². The van der Waals surface area contributed by atoms with Crippen LogP contribution in [0.5, 0.6) is 11.5 Å². The molecule has 2 amide bonds. The lowest BCUT2D eigenvalue weighted by Gasteiger charge is -2.29. The van der Waals surface area contributed by atoms with Gasteiger partial charge in [-0.25, -0.2) is 0 Å². The number of rotatable bonds is 7. The van der Waals surface area contributed by atoms with E-state index in [1.54, 1.807) is 42.5 Å². The van der Waals surface area contributed by atoms with Gasteiger partial charge in [-0.2, -0.15) is 5.26 Å². The van der Waals surface area contributed by atoms with Gasteiger partial charge in [-0.3, -0.25) is 9.59 Å². The van der Waals surface area contributed by atoms with Crippen LogP contribution >= 0.6 is 11.6 Å². The van der Waals surface area contributed by atoms with Crippen LogP contribution in [0.15, 0.2) is 42.5 Å². The van der Waals surface area contributed by atoms with Crippen LogP contribution in [0.1, 0.15) is 5.56 Å². The SMILES string of the molecule is COc1cc(/C=C/C(=O)Nc2ccc(N3CCNC(=O)C3)c(Cl)c2)ccc1OCC#N. The summed E-state index contributed by atoms with van der Waals surface area (Å²) in [6.45, 7) is 1.40. The molecule has 8 nitrogen and oxygen atoms in total. The van der Waals surface area contributed by atoms with Gasteiger partial charge in [0.25, 0.3) is 0 Å². The topological polar surface area (TPSA) is 104 Å². The molecule has 0 aliphatic carbocycles. The fourth-order valence-electron chi connectivity index (χ4n) is 3.06. The first-order valence-corrected chi connectivity index (χ1v) is 9.86. The number of carbonyl (C=O) groups is 2. The van der Waals surface area contributed by atoms with Crippen molar-refractivity contribution in [3.8, 4) is 17.6 Å². The molecule has 1 aliphatic heterocycles. The van der Waals surface area contributed by atoms with Crippen molar-refractivity contribution in [2.45, 2.75) is 0 Å². The van der Waals surface area contributed by atoms with E-state index in [9.17, 15) is 9.59 Å². The number of hydrogen-bond donors (Lipinski definition) is 2. The van der Waals surface area contributed by atoms with E-state index in [-0.39, 0.29) is 25.0 Å². The number of nitrogens with zero attached hydrogens (tertiary/aromatic N) is 2. The quantitative estimate of drug-likeness (QED) is 0.641. The van der Waals surface area contributed by atoms with Crippen LogP contribution in [0.3, 0.4) is 0 Å². The van der Waals surface area contributed by atoms with Gasteiger partial charge >= 0.3 is 0 Å². The van der Waals surface area contributed by atoms with E-state index in [2.05, 4.69) is 10.6 Å². The maximum atomic E-state index is 12.3. The Bertz CT molecular complexity index is 1050. The Morgan fingerprint density at radius 3 is 2.87 bits per heavy atom. The lowest BCUT2D eigenvalue weighted by molar-refractivity contribution is -0.120. The van der Waals surface area contributed by atoms with E-state index in [1.807, 2.05) is 11.0 Å². The maximum Gasteiger partial charge on any atom is 0.248 e. The summed E-state index contributed by atoms with van der Waals surface area (Å²) in [5, 5.41) is 14.6. The van der Waals surface area contributed by atoms with Gasteiger partial charge in [-0.05, 0) is 42.0 Å². The van der Waals surface area contributed by atoms with Gasteiger partial charge in [0.1, 0.15) is 6.07 Å². The molecule has 0 spiro atoms. The first kappa shape index (κ1) is 22.0. The molecule has 9 heteroatoms. The molecule has 0 atom stereocenters. The second-order valence-corrected chi connectivity index (χ2v) is 7.02. The Hall–Kier alpha value is -3.70. The zero-order valence-corrected chi connectivity index (χ0v) is 17.6. The average Bonchev–Trinajstić information content (AvgIpc) is 2.76. The standard InChI is InChI=1S/C22H21ClN4O4/c1-30-20-12-15(2-6-19(20)31-11-8-24)3-7-21(28)26-16-4-5-18(17(23)13-16)27-10-9-25-22(29)14-27/h2-7,12-13H,9-11,14H2,1H3,(H,25,29)(H,26,28)/b7-3+. The Labute approximate surface area is 185 Å². The number of amides is 2. The Morgan fingerprint density at radius 1 is 1.32 bits per heavy atom. The predicted molar refractivity (Wildman–Crippen MR) is 118 cm³/mol. The van der Waals surface area contributed by atoms with Crippen molar-refractivity contribution in [2.75, 3.05) is 43.6 Å². The molecular weight excluding hydrogens is 420 g/mol. The molecular formula is C22H21ClN4O4. The Kier molecular flexibility index (Phi) is 7.35. The second kappa shape index (κ2) is 10.4. The highest BCUT2D eigenvalue weighted by atomic mass is 35.5. The van der Waals surface area contributed by atoms with Crippen molar-refractivity contribution < 1.29 is 19.1 Å². The highest BCUT2D eigenvalue weighted by Gasteiger charge is 2.18. The molecule has 1 aliphatic rings.